The summed E-state index contributed by atoms with van der Waals surface area (Å²) < 4.78 is 0. The molecule has 0 amide bonds. The lowest BCUT2D eigenvalue weighted by molar-refractivity contribution is 0.457. The van der Waals surface area contributed by atoms with Gasteiger partial charge in [-0.2, -0.15) is 5.26 Å². The van der Waals surface area contributed by atoms with Crippen molar-refractivity contribution in [3.63, 3.8) is 0 Å². The van der Waals surface area contributed by atoms with E-state index in [1.165, 1.54) is 5.56 Å². The van der Waals surface area contributed by atoms with Crippen LogP contribution in [0.2, 0.25) is 0 Å². The van der Waals surface area contributed by atoms with Gasteiger partial charge in [0.25, 0.3) is 0 Å². The number of benzene rings is 1. The van der Waals surface area contributed by atoms with Gasteiger partial charge in [-0.1, -0.05) is 39.8 Å². The van der Waals surface area contributed by atoms with Crippen LogP contribution in [0.3, 0.4) is 0 Å². The van der Waals surface area contributed by atoms with Crippen LogP contribution in [0.15, 0.2) is 24.3 Å². The van der Waals surface area contributed by atoms with Crippen LogP contribution >= 0.6 is 0 Å². The molecular formula is C16H22N2. The van der Waals surface area contributed by atoms with E-state index in [1.54, 1.807) is 0 Å². The molecular weight excluding hydrogens is 220 g/mol. The molecule has 1 aliphatic rings. The third-order valence-corrected chi connectivity index (χ3v) is 4.95. The standard InChI is InChI=1S/C16H22N2/c1-11(13-8-6-7-12(9-13)10-17)18-14-15(2,3)16(14,4)5/h6-9,11,14,18H,1-5H3. The molecule has 1 atom stereocenters. The highest BCUT2D eigenvalue weighted by Crippen LogP contribution is 2.63. The third kappa shape index (κ3) is 1.93. The minimum absolute atomic E-state index is 0.282. The van der Waals surface area contributed by atoms with Crippen molar-refractivity contribution < 1.29 is 0 Å². The second-order valence-electron chi connectivity index (χ2n) is 6.50. The largest absolute Gasteiger partial charge is 0.306 e. The SMILES string of the molecule is CC(NC1C(C)(C)C1(C)C)c1cccc(C#N)c1. The quantitative estimate of drug-likeness (QED) is 0.878. The number of nitrogens with zero attached hydrogens (tertiary/aromatic N) is 1. The smallest absolute Gasteiger partial charge is 0.0991 e. The second-order valence-corrected chi connectivity index (χ2v) is 6.50. The monoisotopic (exact) mass is 242 g/mol. The molecule has 18 heavy (non-hydrogen) atoms. The number of nitriles is 1. The first-order valence-electron chi connectivity index (χ1n) is 6.57. The zero-order valence-electron chi connectivity index (χ0n) is 11.9. The van der Waals surface area contributed by atoms with Crippen molar-refractivity contribution >= 4 is 0 Å². The average molecular weight is 242 g/mol. The molecule has 1 aliphatic carbocycles. The Morgan fingerprint density at radius 3 is 2.33 bits per heavy atom. The van der Waals surface area contributed by atoms with Crippen molar-refractivity contribution in [3.8, 4) is 6.07 Å². The molecule has 0 bridgehead atoms. The van der Waals surface area contributed by atoms with E-state index < -0.39 is 0 Å². The van der Waals surface area contributed by atoms with Crippen LogP contribution in [-0.2, 0) is 0 Å². The Morgan fingerprint density at radius 1 is 1.22 bits per heavy atom. The Labute approximate surface area is 110 Å². The van der Waals surface area contributed by atoms with Gasteiger partial charge in [0.05, 0.1) is 11.6 Å². The van der Waals surface area contributed by atoms with Crippen LogP contribution < -0.4 is 5.32 Å². The molecule has 0 aromatic heterocycles. The molecule has 1 unspecified atom stereocenters. The summed E-state index contributed by atoms with van der Waals surface area (Å²) in [6, 6.07) is 10.9. The van der Waals surface area contributed by atoms with Crippen molar-refractivity contribution in [2.24, 2.45) is 10.8 Å². The minimum Gasteiger partial charge on any atom is -0.306 e. The Kier molecular flexibility index (Phi) is 2.99. The van der Waals surface area contributed by atoms with E-state index in [2.05, 4.69) is 52.1 Å². The molecule has 0 spiro atoms. The molecule has 0 saturated heterocycles. The fraction of sp³-hybridized carbons (Fsp3) is 0.562. The number of rotatable bonds is 3. The topological polar surface area (TPSA) is 35.8 Å². The van der Waals surface area contributed by atoms with Crippen LogP contribution in [0, 0.1) is 22.2 Å². The van der Waals surface area contributed by atoms with E-state index in [0.29, 0.717) is 16.9 Å². The first-order valence-corrected chi connectivity index (χ1v) is 6.57. The van der Waals surface area contributed by atoms with Gasteiger partial charge in [-0.25, -0.2) is 0 Å². The van der Waals surface area contributed by atoms with Gasteiger partial charge in [0.2, 0.25) is 0 Å². The molecule has 0 radical (unpaired) electrons. The molecule has 1 aromatic rings. The molecule has 1 fully saturated rings. The van der Waals surface area contributed by atoms with Crippen LogP contribution in [0.4, 0.5) is 0 Å². The first kappa shape index (κ1) is 13.1. The van der Waals surface area contributed by atoms with Crippen molar-refractivity contribution in [1.82, 2.24) is 5.32 Å². The van der Waals surface area contributed by atoms with Gasteiger partial charge in [0, 0.05) is 12.1 Å². The summed E-state index contributed by atoms with van der Waals surface area (Å²) in [5.74, 6) is 0. The Hall–Kier alpha value is -1.33. The van der Waals surface area contributed by atoms with Gasteiger partial charge >= 0.3 is 0 Å². The summed E-state index contributed by atoms with van der Waals surface area (Å²) >= 11 is 0. The normalized spacial score (nSPS) is 22.2. The fourth-order valence-corrected chi connectivity index (χ4v) is 2.84. The third-order valence-electron chi connectivity index (χ3n) is 4.95. The average Bonchev–Trinajstić information content (AvgIpc) is 2.71. The highest BCUT2D eigenvalue weighted by atomic mass is 15.1. The van der Waals surface area contributed by atoms with E-state index in [1.807, 2.05) is 18.2 Å². The van der Waals surface area contributed by atoms with Gasteiger partial charge in [0.1, 0.15) is 0 Å². The second kappa shape index (κ2) is 4.10. The first-order chi connectivity index (χ1) is 8.30. The van der Waals surface area contributed by atoms with Crippen LogP contribution in [-0.4, -0.2) is 6.04 Å². The summed E-state index contributed by atoms with van der Waals surface area (Å²) in [7, 11) is 0. The lowest BCUT2D eigenvalue weighted by Crippen LogP contribution is -2.25. The van der Waals surface area contributed by atoms with E-state index in [9.17, 15) is 0 Å². The lowest BCUT2D eigenvalue weighted by Gasteiger charge is -2.16. The Balaban J connectivity index is 2.10. The Morgan fingerprint density at radius 2 is 1.83 bits per heavy atom. The van der Waals surface area contributed by atoms with Gasteiger partial charge < -0.3 is 5.32 Å². The van der Waals surface area contributed by atoms with E-state index in [0.717, 1.165) is 5.56 Å². The summed E-state index contributed by atoms with van der Waals surface area (Å²) in [4.78, 5) is 0. The summed E-state index contributed by atoms with van der Waals surface area (Å²) in [5, 5.41) is 12.6. The van der Waals surface area contributed by atoms with E-state index >= 15 is 0 Å². The fourth-order valence-electron chi connectivity index (χ4n) is 2.84. The van der Waals surface area contributed by atoms with Crippen molar-refractivity contribution in [2.45, 2.75) is 46.7 Å². The van der Waals surface area contributed by atoms with E-state index in [-0.39, 0.29) is 6.04 Å². The van der Waals surface area contributed by atoms with Gasteiger partial charge in [-0.15, -0.1) is 0 Å². The number of hydrogen-bond donors (Lipinski definition) is 1. The highest BCUT2D eigenvalue weighted by Gasteiger charge is 2.64. The van der Waals surface area contributed by atoms with Crippen LogP contribution in [0.1, 0.15) is 51.8 Å². The zero-order chi connectivity index (χ0) is 13.6. The lowest BCUT2D eigenvalue weighted by atomic mass is 10.0. The van der Waals surface area contributed by atoms with Crippen LogP contribution in [0.25, 0.3) is 0 Å². The molecule has 0 heterocycles. The summed E-state index contributed by atoms with van der Waals surface area (Å²) in [5.41, 5.74) is 2.60. The molecule has 1 saturated carbocycles. The summed E-state index contributed by atoms with van der Waals surface area (Å²) in [6.45, 7) is 11.4. The van der Waals surface area contributed by atoms with Crippen molar-refractivity contribution in [2.75, 3.05) is 0 Å². The molecule has 1 aromatic carbocycles. The highest BCUT2D eigenvalue weighted by molar-refractivity contribution is 5.34. The van der Waals surface area contributed by atoms with Gasteiger partial charge in [-0.05, 0) is 35.4 Å². The predicted octanol–water partition coefficient (Wildman–Crippen LogP) is 3.64. The minimum atomic E-state index is 0.282. The van der Waals surface area contributed by atoms with Gasteiger partial charge in [0.15, 0.2) is 0 Å². The predicted molar refractivity (Wildman–Crippen MR) is 74.1 cm³/mol. The van der Waals surface area contributed by atoms with Crippen molar-refractivity contribution in [1.29, 1.82) is 5.26 Å². The van der Waals surface area contributed by atoms with Gasteiger partial charge in [-0.3, -0.25) is 0 Å². The van der Waals surface area contributed by atoms with E-state index in [4.69, 9.17) is 5.26 Å². The maximum absolute atomic E-state index is 8.93. The maximum atomic E-state index is 8.93. The molecule has 0 aliphatic heterocycles. The van der Waals surface area contributed by atoms with Crippen LogP contribution in [0.5, 0.6) is 0 Å². The molecule has 2 nitrogen and oxygen atoms in total. The maximum Gasteiger partial charge on any atom is 0.0991 e. The Bertz CT molecular complexity index is 480. The summed E-state index contributed by atoms with van der Waals surface area (Å²) in [6.07, 6.45) is 0. The zero-order valence-corrected chi connectivity index (χ0v) is 11.9. The molecule has 1 N–H and O–H groups in total. The number of nitrogens with one attached hydrogen (secondary N) is 1. The molecule has 2 rings (SSSR count). The van der Waals surface area contributed by atoms with Crippen molar-refractivity contribution in [3.05, 3.63) is 35.4 Å². The number of hydrogen-bond acceptors (Lipinski definition) is 2. The molecule has 96 valence electrons. The molecule has 2 heteroatoms.